The lowest BCUT2D eigenvalue weighted by atomic mass is 10.2. The molecule has 1 atom stereocenters. The molecule has 2 aromatic heterocycles. The first-order valence-electron chi connectivity index (χ1n) is 7.46. The lowest BCUT2D eigenvalue weighted by molar-refractivity contribution is -0.384. The maximum Gasteiger partial charge on any atom is 0.349 e. The van der Waals surface area contributed by atoms with Crippen LogP contribution in [0.2, 0.25) is 0 Å². The number of carbonyl (C=O) groups is 2. The number of hydrogen-bond acceptors (Lipinski definition) is 8. The van der Waals surface area contributed by atoms with Crippen molar-refractivity contribution in [3.05, 3.63) is 51.1 Å². The van der Waals surface area contributed by atoms with Crippen LogP contribution in [0.5, 0.6) is 0 Å². The van der Waals surface area contributed by atoms with Gasteiger partial charge in [0.1, 0.15) is 10.6 Å². The van der Waals surface area contributed by atoms with Gasteiger partial charge in [0, 0.05) is 28.3 Å². The number of nitro groups is 1. The fourth-order valence-electron chi connectivity index (χ4n) is 2.17. The number of anilines is 1. The van der Waals surface area contributed by atoms with E-state index in [-0.39, 0.29) is 16.4 Å². The summed E-state index contributed by atoms with van der Waals surface area (Å²) in [6, 6.07) is 7.35. The molecule has 3 rings (SSSR count). The van der Waals surface area contributed by atoms with Crippen LogP contribution in [0.25, 0.3) is 10.1 Å². The van der Waals surface area contributed by atoms with Gasteiger partial charge in [-0.1, -0.05) is 5.16 Å². The Hall–Kier alpha value is -3.27. The third-order valence-electron chi connectivity index (χ3n) is 3.44. The lowest BCUT2D eigenvalue weighted by Gasteiger charge is -2.11. The van der Waals surface area contributed by atoms with E-state index in [1.165, 1.54) is 31.2 Å². The van der Waals surface area contributed by atoms with Crippen LogP contribution < -0.4 is 5.32 Å². The molecule has 26 heavy (non-hydrogen) atoms. The van der Waals surface area contributed by atoms with Crippen molar-refractivity contribution in [1.29, 1.82) is 0 Å². The molecule has 1 N–H and O–H groups in total. The van der Waals surface area contributed by atoms with Crippen molar-refractivity contribution in [1.82, 2.24) is 5.16 Å². The zero-order valence-electron chi connectivity index (χ0n) is 13.7. The van der Waals surface area contributed by atoms with Crippen LogP contribution in [0.3, 0.4) is 0 Å². The van der Waals surface area contributed by atoms with Crippen LogP contribution >= 0.6 is 11.3 Å². The van der Waals surface area contributed by atoms with Crippen LogP contribution in [-0.4, -0.2) is 28.1 Å². The second kappa shape index (κ2) is 6.92. The van der Waals surface area contributed by atoms with Gasteiger partial charge >= 0.3 is 5.97 Å². The number of ether oxygens (including phenoxy) is 1. The fraction of sp³-hybridized carbons (Fsp3) is 0.188. The number of thiophene rings is 1. The van der Waals surface area contributed by atoms with Crippen molar-refractivity contribution in [3.63, 3.8) is 0 Å². The van der Waals surface area contributed by atoms with Crippen LogP contribution in [0.4, 0.5) is 11.5 Å². The van der Waals surface area contributed by atoms with E-state index in [1.54, 1.807) is 13.0 Å². The largest absolute Gasteiger partial charge is 0.448 e. The van der Waals surface area contributed by atoms with E-state index in [1.807, 2.05) is 0 Å². The fourth-order valence-corrected chi connectivity index (χ4v) is 3.10. The van der Waals surface area contributed by atoms with Crippen LogP contribution in [0.1, 0.15) is 22.4 Å². The van der Waals surface area contributed by atoms with Gasteiger partial charge in [0.05, 0.1) is 4.92 Å². The summed E-state index contributed by atoms with van der Waals surface area (Å²) < 4.78 is 10.7. The first-order chi connectivity index (χ1) is 12.3. The quantitative estimate of drug-likeness (QED) is 0.412. The topological polar surface area (TPSA) is 125 Å². The Balaban J connectivity index is 1.69. The molecular formula is C16H13N3O6S. The van der Waals surface area contributed by atoms with E-state index < -0.39 is 22.9 Å². The number of hydrogen-bond donors (Lipinski definition) is 1. The van der Waals surface area contributed by atoms with E-state index in [0.717, 1.165) is 11.3 Å². The molecule has 0 aliphatic rings. The normalized spacial score (nSPS) is 11.9. The van der Waals surface area contributed by atoms with Crippen LogP contribution in [0.15, 0.2) is 34.9 Å². The predicted molar refractivity (Wildman–Crippen MR) is 93.2 cm³/mol. The molecule has 0 saturated carbocycles. The van der Waals surface area contributed by atoms with Crippen molar-refractivity contribution < 1.29 is 23.8 Å². The number of aromatic nitrogens is 1. The number of amides is 1. The van der Waals surface area contributed by atoms with Gasteiger partial charge in [-0.05, 0) is 26.0 Å². The van der Waals surface area contributed by atoms with Crippen molar-refractivity contribution in [2.24, 2.45) is 0 Å². The molecule has 2 heterocycles. The average Bonchev–Trinajstić information content (AvgIpc) is 3.19. The summed E-state index contributed by atoms with van der Waals surface area (Å²) in [6.45, 7) is 3.11. The van der Waals surface area contributed by atoms with Gasteiger partial charge in [-0.2, -0.15) is 0 Å². The molecule has 1 amide bonds. The minimum atomic E-state index is -1.06. The van der Waals surface area contributed by atoms with Gasteiger partial charge in [-0.15, -0.1) is 11.3 Å². The Morgan fingerprint density at radius 2 is 2.12 bits per heavy atom. The highest BCUT2D eigenvalue weighted by molar-refractivity contribution is 7.20. The van der Waals surface area contributed by atoms with E-state index >= 15 is 0 Å². The summed E-state index contributed by atoms with van der Waals surface area (Å²) >= 11 is 1.13. The van der Waals surface area contributed by atoms with Crippen molar-refractivity contribution >= 4 is 44.8 Å². The summed E-state index contributed by atoms with van der Waals surface area (Å²) in [5, 5.41) is 17.5. The third-order valence-corrected chi connectivity index (χ3v) is 4.54. The number of nitrogens with one attached hydrogen (secondary N) is 1. The summed E-state index contributed by atoms with van der Waals surface area (Å²) in [7, 11) is 0. The van der Waals surface area contributed by atoms with E-state index in [4.69, 9.17) is 9.26 Å². The Labute approximate surface area is 150 Å². The standard InChI is InChI=1S/C16H13N3O6S/c1-8-5-14(18-25-8)17-15(20)9(2)24-16(21)13-7-10-6-11(19(22)23)3-4-12(10)26-13/h3-7,9H,1-2H3,(H,17,18,20)/t9-/m1/s1. The number of fused-ring (bicyclic) bond motifs is 1. The number of non-ortho nitro benzene ring substituents is 1. The lowest BCUT2D eigenvalue weighted by Crippen LogP contribution is -2.29. The Bertz CT molecular complexity index is 1010. The van der Waals surface area contributed by atoms with E-state index in [0.29, 0.717) is 15.8 Å². The Morgan fingerprint density at radius 3 is 2.77 bits per heavy atom. The molecule has 10 heteroatoms. The summed E-state index contributed by atoms with van der Waals surface area (Å²) in [5.41, 5.74) is -0.0640. The molecule has 0 spiro atoms. The highest BCUT2D eigenvalue weighted by Crippen LogP contribution is 2.29. The van der Waals surface area contributed by atoms with Crippen molar-refractivity contribution in [2.75, 3.05) is 5.32 Å². The van der Waals surface area contributed by atoms with E-state index in [2.05, 4.69) is 10.5 Å². The van der Waals surface area contributed by atoms with Gasteiger partial charge < -0.3 is 14.6 Å². The molecule has 0 fully saturated rings. The molecule has 1 aromatic carbocycles. The highest BCUT2D eigenvalue weighted by atomic mass is 32.1. The predicted octanol–water partition coefficient (Wildman–Crippen LogP) is 3.29. The number of carbonyl (C=O) groups excluding carboxylic acids is 2. The third kappa shape index (κ3) is 3.70. The molecule has 0 aliphatic carbocycles. The Morgan fingerprint density at radius 1 is 1.35 bits per heavy atom. The second-order valence-electron chi connectivity index (χ2n) is 5.45. The van der Waals surface area contributed by atoms with Gasteiger partial charge in [0.15, 0.2) is 11.9 Å². The molecule has 0 saturated heterocycles. The van der Waals surface area contributed by atoms with Crippen LogP contribution in [-0.2, 0) is 9.53 Å². The van der Waals surface area contributed by atoms with Crippen molar-refractivity contribution in [2.45, 2.75) is 20.0 Å². The SMILES string of the molecule is Cc1cc(NC(=O)[C@@H](C)OC(=O)c2cc3cc([N+](=O)[O-])ccc3s2)no1. The summed E-state index contributed by atoms with van der Waals surface area (Å²) in [6.07, 6.45) is -1.06. The number of nitrogens with zero attached hydrogens (tertiary/aromatic N) is 2. The van der Waals surface area contributed by atoms with Crippen molar-refractivity contribution in [3.8, 4) is 0 Å². The number of benzene rings is 1. The molecule has 9 nitrogen and oxygen atoms in total. The van der Waals surface area contributed by atoms with Crippen LogP contribution in [0, 0.1) is 17.0 Å². The van der Waals surface area contributed by atoms with Gasteiger partial charge in [0.2, 0.25) is 0 Å². The smallest absolute Gasteiger partial charge is 0.349 e. The zero-order valence-corrected chi connectivity index (χ0v) is 14.5. The van der Waals surface area contributed by atoms with E-state index in [9.17, 15) is 19.7 Å². The number of aryl methyl sites for hydroxylation is 1. The number of esters is 1. The molecule has 0 aliphatic heterocycles. The minimum absolute atomic E-state index is 0.0640. The first-order valence-corrected chi connectivity index (χ1v) is 8.28. The summed E-state index contributed by atoms with van der Waals surface area (Å²) in [5.74, 6) is -0.481. The van der Waals surface area contributed by atoms with Gasteiger partial charge in [0.25, 0.3) is 11.6 Å². The van der Waals surface area contributed by atoms with Gasteiger partial charge in [-0.3, -0.25) is 14.9 Å². The second-order valence-corrected chi connectivity index (χ2v) is 6.53. The maximum absolute atomic E-state index is 12.2. The monoisotopic (exact) mass is 375 g/mol. The number of nitro benzene ring substituents is 1. The number of rotatable bonds is 5. The molecule has 3 aromatic rings. The Kier molecular flexibility index (Phi) is 4.67. The molecule has 0 unspecified atom stereocenters. The molecule has 134 valence electrons. The summed E-state index contributed by atoms with van der Waals surface area (Å²) in [4.78, 5) is 34.8. The highest BCUT2D eigenvalue weighted by Gasteiger charge is 2.22. The first kappa shape index (κ1) is 17.5. The minimum Gasteiger partial charge on any atom is -0.448 e. The molecule has 0 bridgehead atoms. The molecular weight excluding hydrogens is 362 g/mol. The van der Waals surface area contributed by atoms with Gasteiger partial charge in [-0.25, -0.2) is 4.79 Å². The molecule has 0 radical (unpaired) electrons. The maximum atomic E-state index is 12.2. The zero-order chi connectivity index (χ0) is 18.8. The average molecular weight is 375 g/mol.